The van der Waals surface area contributed by atoms with Crippen molar-refractivity contribution in [1.29, 1.82) is 0 Å². The number of rotatable bonds is 16. The van der Waals surface area contributed by atoms with Crippen LogP contribution in [0.4, 0.5) is 0 Å². The van der Waals surface area contributed by atoms with E-state index in [0.29, 0.717) is 5.02 Å². The lowest BCUT2D eigenvalue weighted by Gasteiger charge is -2.46. The van der Waals surface area contributed by atoms with E-state index in [4.69, 9.17) is 42.1 Å². The Bertz CT molecular complexity index is 1040. The molecule has 6 atom stereocenters. The van der Waals surface area contributed by atoms with Gasteiger partial charge in [0.05, 0.1) is 44.7 Å². The number of amides is 2. The third-order valence-corrected chi connectivity index (χ3v) is 6.01. The van der Waals surface area contributed by atoms with E-state index in [2.05, 4.69) is 16.6 Å². The smallest absolute Gasteiger partial charge is 0.364 e. The molecule has 0 spiro atoms. The van der Waals surface area contributed by atoms with Crippen molar-refractivity contribution in [2.75, 3.05) is 46.2 Å². The molecule has 0 bridgehead atoms. The number of aliphatic carboxylic acids is 1. The normalized spacial score (nSPS) is 23.9. The molecule has 1 aromatic carbocycles. The van der Waals surface area contributed by atoms with Gasteiger partial charge in [0.2, 0.25) is 5.91 Å². The second-order valence-electron chi connectivity index (χ2n) is 8.66. The molecule has 40 heavy (non-hydrogen) atoms. The predicted molar refractivity (Wildman–Crippen MR) is 137 cm³/mol. The molecule has 222 valence electrons. The molecule has 1 fully saturated rings. The van der Waals surface area contributed by atoms with E-state index in [0.717, 1.165) is 0 Å². The molecule has 2 rings (SSSR count). The monoisotopic (exact) mass is 588 g/mol. The Morgan fingerprint density at radius 2 is 1.90 bits per heavy atom. The Hall–Kier alpha value is -2.84. The third-order valence-electron chi connectivity index (χ3n) is 5.78. The Morgan fingerprint density at radius 1 is 1.20 bits per heavy atom. The first kappa shape index (κ1) is 33.4. The number of terminal acetylenes is 1. The Morgan fingerprint density at radius 3 is 2.55 bits per heavy atom. The molecule has 0 saturated carbocycles. The molecular formula is C25H33ClN2O12. The number of aliphatic hydroxyl groups excluding tert-OH is 4. The molecule has 0 unspecified atom stereocenters. The van der Waals surface area contributed by atoms with E-state index < -0.39 is 73.6 Å². The van der Waals surface area contributed by atoms with E-state index in [9.17, 15) is 34.8 Å². The fraction of sp³-hybridized carbons (Fsp3) is 0.560. The maximum atomic E-state index is 12.4. The van der Waals surface area contributed by atoms with Crippen LogP contribution >= 0.6 is 11.6 Å². The van der Waals surface area contributed by atoms with Crippen molar-refractivity contribution in [1.82, 2.24) is 10.6 Å². The summed E-state index contributed by atoms with van der Waals surface area (Å²) in [6.45, 7) is -1.49. The van der Waals surface area contributed by atoms with Crippen LogP contribution in [-0.2, 0) is 28.5 Å². The quantitative estimate of drug-likeness (QED) is 0.0815. The van der Waals surface area contributed by atoms with Crippen molar-refractivity contribution in [2.45, 2.75) is 42.7 Å². The van der Waals surface area contributed by atoms with Crippen molar-refractivity contribution >= 4 is 29.4 Å². The van der Waals surface area contributed by atoms with Crippen LogP contribution in [0.25, 0.3) is 0 Å². The number of aliphatic hydroxyl groups is 4. The number of hydrogen-bond donors (Lipinski definition) is 7. The predicted octanol–water partition coefficient (Wildman–Crippen LogP) is -2.12. The number of carboxylic acids is 1. The summed E-state index contributed by atoms with van der Waals surface area (Å²) in [5.74, 6) is -3.46. The largest absolute Gasteiger partial charge is 0.477 e. The minimum atomic E-state index is -2.50. The number of benzene rings is 1. The van der Waals surface area contributed by atoms with Gasteiger partial charge in [-0.3, -0.25) is 9.59 Å². The zero-order valence-corrected chi connectivity index (χ0v) is 22.2. The van der Waals surface area contributed by atoms with Gasteiger partial charge in [-0.2, -0.15) is 0 Å². The van der Waals surface area contributed by atoms with Crippen LogP contribution in [0, 0.1) is 12.3 Å². The van der Waals surface area contributed by atoms with Gasteiger partial charge in [-0.05, 0) is 18.2 Å². The van der Waals surface area contributed by atoms with Crippen LogP contribution in [0.3, 0.4) is 0 Å². The van der Waals surface area contributed by atoms with Gasteiger partial charge in [0.15, 0.2) is 0 Å². The molecule has 14 nitrogen and oxygen atoms in total. The highest BCUT2D eigenvalue weighted by atomic mass is 35.5. The van der Waals surface area contributed by atoms with Gasteiger partial charge in [0.1, 0.15) is 25.4 Å². The fourth-order valence-corrected chi connectivity index (χ4v) is 4.02. The summed E-state index contributed by atoms with van der Waals surface area (Å²) in [6.07, 6.45) is -2.75. The highest BCUT2D eigenvalue weighted by Crippen LogP contribution is 2.33. The van der Waals surface area contributed by atoms with Crippen molar-refractivity contribution in [3.8, 4) is 12.3 Å². The van der Waals surface area contributed by atoms with Crippen molar-refractivity contribution in [3.05, 3.63) is 34.9 Å². The van der Waals surface area contributed by atoms with Crippen molar-refractivity contribution in [3.63, 3.8) is 0 Å². The maximum absolute atomic E-state index is 12.4. The van der Waals surface area contributed by atoms with Gasteiger partial charge in [0.25, 0.3) is 11.7 Å². The molecule has 0 aromatic heterocycles. The van der Waals surface area contributed by atoms with Crippen LogP contribution < -0.4 is 10.6 Å². The molecule has 2 amide bonds. The minimum absolute atomic E-state index is 0.0933. The standard InChI is InChI=1S/C25H33ClN2O12/c1-2-6-37-7-8-38-9-10-39-25(24(35)36)12-17(30)20(28-19(32)14-29)22(40-25)21(33)18(31)13-27-23(34)15-4-3-5-16(26)11-15/h1,3-5,11,17-18,20-22,29-31,33H,6-10,12-14H2,(H,27,34)(H,28,32)(H,35,36)/t17-,18+,20+,21+,22+,25+/m0/s1. The number of nitrogens with one attached hydrogen (secondary N) is 2. The second kappa shape index (κ2) is 16.4. The number of hydrogen-bond acceptors (Lipinski definition) is 11. The molecule has 0 radical (unpaired) electrons. The second-order valence-corrected chi connectivity index (χ2v) is 9.10. The number of halogens is 1. The average molecular weight is 589 g/mol. The molecule has 15 heteroatoms. The molecule has 1 heterocycles. The zero-order chi connectivity index (χ0) is 29.7. The molecular weight excluding hydrogens is 556 g/mol. The Balaban J connectivity index is 2.12. The molecule has 0 aliphatic carbocycles. The molecule has 7 N–H and O–H groups in total. The van der Waals surface area contributed by atoms with Gasteiger partial charge in [0, 0.05) is 23.6 Å². The van der Waals surface area contributed by atoms with E-state index in [1.54, 1.807) is 6.07 Å². The first-order valence-electron chi connectivity index (χ1n) is 12.2. The van der Waals surface area contributed by atoms with E-state index >= 15 is 0 Å². The van der Waals surface area contributed by atoms with Crippen molar-refractivity contribution in [2.24, 2.45) is 0 Å². The van der Waals surface area contributed by atoms with Gasteiger partial charge < -0.3 is 55.1 Å². The van der Waals surface area contributed by atoms with Crippen LogP contribution in [0.5, 0.6) is 0 Å². The summed E-state index contributed by atoms with van der Waals surface area (Å²) in [5, 5.41) is 56.2. The summed E-state index contributed by atoms with van der Waals surface area (Å²) < 4.78 is 21.3. The molecule has 1 aromatic rings. The third kappa shape index (κ3) is 9.66. The van der Waals surface area contributed by atoms with Crippen LogP contribution in [0.15, 0.2) is 24.3 Å². The number of ether oxygens (including phenoxy) is 4. The lowest BCUT2D eigenvalue weighted by Crippen LogP contribution is -2.68. The lowest BCUT2D eigenvalue weighted by atomic mass is 9.88. The van der Waals surface area contributed by atoms with Gasteiger partial charge in [-0.15, -0.1) is 6.42 Å². The maximum Gasteiger partial charge on any atom is 0.364 e. The summed E-state index contributed by atoms with van der Waals surface area (Å²) >= 11 is 5.88. The van der Waals surface area contributed by atoms with E-state index in [1.807, 2.05) is 0 Å². The fourth-order valence-electron chi connectivity index (χ4n) is 3.83. The Labute approximate surface area is 235 Å². The molecule has 1 saturated heterocycles. The SMILES string of the molecule is C#CCOCCOCCO[C@]1(C(=O)O)C[C@H](O)[C@@H](NC(=O)CO)[C@H]([C@H](O)[C@H](O)CNC(=O)c2cccc(Cl)c2)O1. The highest BCUT2D eigenvalue weighted by Gasteiger charge is 2.55. The van der Waals surface area contributed by atoms with Crippen LogP contribution in [-0.4, -0.2) is 126 Å². The number of carbonyl (C=O) groups is 3. The van der Waals surface area contributed by atoms with Crippen LogP contribution in [0.2, 0.25) is 5.02 Å². The molecule has 1 aliphatic rings. The van der Waals surface area contributed by atoms with Crippen LogP contribution in [0.1, 0.15) is 16.8 Å². The highest BCUT2D eigenvalue weighted by molar-refractivity contribution is 6.30. The van der Waals surface area contributed by atoms with Gasteiger partial charge in [-0.25, -0.2) is 4.79 Å². The zero-order valence-electron chi connectivity index (χ0n) is 21.4. The first-order chi connectivity index (χ1) is 19.0. The van der Waals surface area contributed by atoms with Gasteiger partial charge >= 0.3 is 5.97 Å². The average Bonchev–Trinajstić information content (AvgIpc) is 2.93. The summed E-state index contributed by atoms with van der Waals surface area (Å²) in [5.41, 5.74) is 0.176. The van der Waals surface area contributed by atoms with Crippen molar-refractivity contribution < 1.29 is 58.9 Å². The Kier molecular flexibility index (Phi) is 13.7. The lowest BCUT2D eigenvalue weighted by molar-refractivity contribution is -0.312. The van der Waals surface area contributed by atoms with E-state index in [1.165, 1.54) is 18.2 Å². The first-order valence-corrected chi connectivity index (χ1v) is 12.5. The number of carboxylic acid groups (broad SMARTS) is 1. The summed E-state index contributed by atoms with van der Waals surface area (Å²) in [6, 6.07) is 4.49. The molecule has 1 aliphatic heterocycles. The van der Waals surface area contributed by atoms with E-state index in [-0.39, 0.29) is 38.6 Å². The van der Waals surface area contributed by atoms with Gasteiger partial charge in [-0.1, -0.05) is 23.6 Å². The number of carbonyl (C=O) groups excluding carboxylic acids is 2. The topological polar surface area (TPSA) is 213 Å². The summed E-state index contributed by atoms with van der Waals surface area (Å²) in [7, 11) is 0. The minimum Gasteiger partial charge on any atom is -0.477 e. The summed E-state index contributed by atoms with van der Waals surface area (Å²) in [4.78, 5) is 36.5.